The highest BCUT2D eigenvalue weighted by molar-refractivity contribution is 7.10. The molecule has 0 saturated carbocycles. The summed E-state index contributed by atoms with van der Waals surface area (Å²) in [7, 11) is 0. The molecule has 1 aliphatic carbocycles. The number of fused-ring (bicyclic) bond motifs is 1. The summed E-state index contributed by atoms with van der Waals surface area (Å²) < 4.78 is 0. The predicted molar refractivity (Wildman–Crippen MR) is 83.0 cm³/mol. The summed E-state index contributed by atoms with van der Waals surface area (Å²) in [5.74, 6) is 1.11. The number of carbonyl (C=O) groups excluding carboxylic acids is 1. The zero-order valence-corrected chi connectivity index (χ0v) is 13.0. The van der Waals surface area contributed by atoms with E-state index in [1.54, 1.807) is 11.3 Å². The second-order valence-corrected chi connectivity index (χ2v) is 7.30. The topological polar surface area (TPSA) is 46.3 Å². The van der Waals surface area contributed by atoms with E-state index in [4.69, 9.17) is 5.73 Å². The number of rotatable bonds is 2. The van der Waals surface area contributed by atoms with Crippen molar-refractivity contribution in [1.82, 2.24) is 4.90 Å². The van der Waals surface area contributed by atoms with Crippen molar-refractivity contribution in [2.75, 3.05) is 13.1 Å². The molecule has 0 spiro atoms. The lowest BCUT2D eigenvalue weighted by Crippen LogP contribution is -2.51. The molecule has 3 nitrogen and oxygen atoms in total. The third-order valence-electron chi connectivity index (χ3n) is 4.88. The number of piperidine rings is 1. The molecule has 1 aromatic rings. The number of aryl methyl sites for hydroxylation is 1. The molecule has 3 unspecified atom stereocenters. The third kappa shape index (κ3) is 2.51. The van der Waals surface area contributed by atoms with Gasteiger partial charge in [0.05, 0.1) is 5.92 Å². The van der Waals surface area contributed by atoms with Crippen LogP contribution in [-0.2, 0) is 11.2 Å². The maximum Gasteiger partial charge on any atom is 0.230 e. The van der Waals surface area contributed by atoms with Gasteiger partial charge >= 0.3 is 0 Å². The van der Waals surface area contributed by atoms with Crippen molar-refractivity contribution in [3.63, 3.8) is 0 Å². The number of thiophene rings is 1. The summed E-state index contributed by atoms with van der Waals surface area (Å²) in [5, 5.41) is 2.13. The molecule has 1 fully saturated rings. The van der Waals surface area contributed by atoms with Crippen molar-refractivity contribution < 1.29 is 4.79 Å². The quantitative estimate of drug-likeness (QED) is 0.911. The molecule has 0 bridgehead atoms. The summed E-state index contributed by atoms with van der Waals surface area (Å²) in [5.41, 5.74) is 7.20. The van der Waals surface area contributed by atoms with Crippen molar-refractivity contribution in [1.29, 1.82) is 0 Å². The van der Waals surface area contributed by atoms with Crippen LogP contribution in [0.3, 0.4) is 0 Å². The molecule has 3 rings (SSSR count). The van der Waals surface area contributed by atoms with E-state index in [2.05, 4.69) is 23.3 Å². The number of carbonyl (C=O) groups is 1. The molecule has 20 heavy (non-hydrogen) atoms. The fourth-order valence-electron chi connectivity index (χ4n) is 3.71. The molecule has 2 heterocycles. The first-order chi connectivity index (χ1) is 9.70. The smallest absolute Gasteiger partial charge is 0.230 e. The van der Waals surface area contributed by atoms with Crippen LogP contribution in [0.1, 0.15) is 49.0 Å². The zero-order valence-electron chi connectivity index (χ0n) is 12.2. The molecule has 2 N–H and O–H groups in total. The van der Waals surface area contributed by atoms with Crippen LogP contribution < -0.4 is 5.73 Å². The lowest BCUT2D eigenvalue weighted by Gasteiger charge is -2.40. The number of nitrogens with two attached hydrogens (primary N) is 1. The number of hydrogen-bond acceptors (Lipinski definition) is 3. The van der Waals surface area contributed by atoms with Crippen LogP contribution in [0, 0.1) is 5.92 Å². The number of nitrogens with zero attached hydrogens (tertiary/aromatic N) is 1. The van der Waals surface area contributed by atoms with Gasteiger partial charge in [0.15, 0.2) is 0 Å². The third-order valence-corrected chi connectivity index (χ3v) is 5.88. The lowest BCUT2D eigenvalue weighted by molar-refractivity contribution is -0.137. The molecule has 0 aromatic carbocycles. The molecular weight excluding hydrogens is 268 g/mol. The van der Waals surface area contributed by atoms with E-state index in [0.717, 1.165) is 38.6 Å². The fourth-order valence-corrected chi connectivity index (χ4v) is 4.70. The molecule has 1 aliphatic heterocycles. The minimum absolute atomic E-state index is 0.0902. The Labute approximate surface area is 125 Å². The van der Waals surface area contributed by atoms with Crippen LogP contribution in [0.25, 0.3) is 0 Å². The average molecular weight is 292 g/mol. The van der Waals surface area contributed by atoms with Crippen LogP contribution in [0.2, 0.25) is 0 Å². The first kappa shape index (κ1) is 14.1. The monoisotopic (exact) mass is 292 g/mol. The maximum atomic E-state index is 13.0. The number of amides is 1. The Morgan fingerprint density at radius 1 is 1.50 bits per heavy atom. The van der Waals surface area contributed by atoms with Crippen LogP contribution in [-0.4, -0.2) is 29.9 Å². The van der Waals surface area contributed by atoms with Crippen molar-refractivity contribution in [3.8, 4) is 0 Å². The molecule has 1 amide bonds. The molecule has 1 saturated heterocycles. The molecule has 3 atom stereocenters. The van der Waals surface area contributed by atoms with Crippen LogP contribution in [0.5, 0.6) is 0 Å². The lowest BCUT2D eigenvalue weighted by atomic mass is 9.84. The highest BCUT2D eigenvalue weighted by atomic mass is 32.1. The van der Waals surface area contributed by atoms with E-state index in [-0.39, 0.29) is 12.0 Å². The standard InChI is InChI=1S/C16H24N2OS/c1-11-5-7-18(12(9-11)10-17)16(19)14-3-2-4-15-13(14)6-8-20-15/h6,8,11-12,14H,2-5,7,9-10,17H2,1H3. The van der Waals surface area contributed by atoms with Crippen molar-refractivity contribution in [3.05, 3.63) is 21.9 Å². The summed E-state index contributed by atoms with van der Waals surface area (Å²) in [6.45, 7) is 3.75. The summed E-state index contributed by atoms with van der Waals surface area (Å²) >= 11 is 1.80. The predicted octanol–water partition coefficient (Wildman–Crippen LogP) is 2.75. The van der Waals surface area contributed by atoms with Crippen molar-refractivity contribution in [2.24, 2.45) is 11.7 Å². The van der Waals surface area contributed by atoms with Gasteiger partial charge in [-0.15, -0.1) is 11.3 Å². The largest absolute Gasteiger partial charge is 0.338 e. The van der Waals surface area contributed by atoms with E-state index in [9.17, 15) is 4.79 Å². The minimum atomic E-state index is 0.0902. The number of likely N-dealkylation sites (tertiary alicyclic amines) is 1. The molecule has 4 heteroatoms. The Hall–Kier alpha value is -0.870. The SMILES string of the molecule is CC1CCN(C(=O)C2CCCc3sccc32)C(CN)C1. The normalized spacial score (nSPS) is 30.1. The first-order valence-electron chi connectivity index (χ1n) is 7.77. The summed E-state index contributed by atoms with van der Waals surface area (Å²) in [6, 6.07) is 2.40. The summed E-state index contributed by atoms with van der Waals surface area (Å²) in [4.78, 5) is 16.5. The molecule has 2 aliphatic rings. The highest BCUT2D eigenvalue weighted by Gasteiger charge is 2.35. The summed E-state index contributed by atoms with van der Waals surface area (Å²) in [6.07, 6.45) is 5.47. The van der Waals surface area contributed by atoms with E-state index in [1.807, 2.05) is 0 Å². The van der Waals surface area contributed by atoms with Gasteiger partial charge in [0.25, 0.3) is 0 Å². The van der Waals surface area contributed by atoms with Gasteiger partial charge in [-0.3, -0.25) is 4.79 Å². The highest BCUT2D eigenvalue weighted by Crippen LogP contribution is 2.37. The van der Waals surface area contributed by atoms with Gasteiger partial charge in [0.1, 0.15) is 0 Å². The Bertz CT molecular complexity index is 485. The molecular formula is C16H24N2OS. The van der Waals surface area contributed by atoms with E-state index in [1.165, 1.54) is 10.4 Å². The Balaban J connectivity index is 1.79. The van der Waals surface area contributed by atoms with E-state index < -0.39 is 0 Å². The van der Waals surface area contributed by atoms with Gasteiger partial charge in [-0.1, -0.05) is 6.92 Å². The van der Waals surface area contributed by atoms with Crippen molar-refractivity contribution in [2.45, 2.75) is 51.0 Å². The minimum Gasteiger partial charge on any atom is -0.338 e. The van der Waals surface area contributed by atoms with Gasteiger partial charge in [0.2, 0.25) is 5.91 Å². The Kier molecular flexibility index (Phi) is 4.13. The van der Waals surface area contributed by atoms with Crippen LogP contribution in [0.4, 0.5) is 0 Å². The van der Waals surface area contributed by atoms with Gasteiger partial charge in [-0.05, 0) is 55.0 Å². The average Bonchev–Trinajstić information content (AvgIpc) is 2.94. The van der Waals surface area contributed by atoms with E-state index in [0.29, 0.717) is 18.4 Å². The van der Waals surface area contributed by atoms with Crippen LogP contribution in [0.15, 0.2) is 11.4 Å². The van der Waals surface area contributed by atoms with Crippen LogP contribution >= 0.6 is 11.3 Å². The molecule has 1 aromatic heterocycles. The van der Waals surface area contributed by atoms with Gasteiger partial charge in [-0.25, -0.2) is 0 Å². The molecule has 110 valence electrons. The fraction of sp³-hybridized carbons (Fsp3) is 0.688. The Morgan fingerprint density at radius 2 is 2.35 bits per heavy atom. The van der Waals surface area contributed by atoms with Crippen molar-refractivity contribution >= 4 is 17.2 Å². The van der Waals surface area contributed by atoms with E-state index >= 15 is 0 Å². The first-order valence-corrected chi connectivity index (χ1v) is 8.65. The van der Waals surface area contributed by atoms with Gasteiger partial charge in [-0.2, -0.15) is 0 Å². The van der Waals surface area contributed by atoms with Gasteiger partial charge in [0, 0.05) is 24.0 Å². The number of hydrogen-bond donors (Lipinski definition) is 1. The Morgan fingerprint density at radius 3 is 3.15 bits per heavy atom. The molecule has 0 radical (unpaired) electrons. The second-order valence-electron chi connectivity index (χ2n) is 6.29. The van der Waals surface area contributed by atoms with Gasteiger partial charge < -0.3 is 10.6 Å². The maximum absolute atomic E-state index is 13.0. The second kappa shape index (κ2) is 5.86. The zero-order chi connectivity index (χ0) is 14.1.